The highest BCUT2D eigenvalue weighted by Gasteiger charge is 2.46. The molecule has 0 unspecified atom stereocenters. The summed E-state index contributed by atoms with van der Waals surface area (Å²) in [5.74, 6) is -1.28. The number of hydrogen-bond acceptors (Lipinski definition) is 5. The van der Waals surface area contributed by atoms with E-state index in [2.05, 4.69) is 0 Å². The first-order valence-corrected chi connectivity index (χ1v) is 10.3. The molecule has 2 atom stereocenters. The van der Waals surface area contributed by atoms with E-state index in [0.29, 0.717) is 10.6 Å². The standard InChI is InChI=1S/C19H19ClFNO5S/c1-12-14(20)6-5-9-18(12)28(24,25)22-11-13(10-16(22)19(23)26-2)27-17-8-4-3-7-15(17)21/h3-9,13,16H,10-11H2,1-2H3/t13-,16-/m0/s1. The van der Waals surface area contributed by atoms with Gasteiger partial charge in [-0.2, -0.15) is 4.31 Å². The summed E-state index contributed by atoms with van der Waals surface area (Å²) in [5.41, 5.74) is 0.381. The van der Waals surface area contributed by atoms with Gasteiger partial charge in [-0.15, -0.1) is 0 Å². The molecule has 0 amide bonds. The zero-order chi connectivity index (χ0) is 20.5. The molecular weight excluding hydrogens is 409 g/mol. The first-order valence-electron chi connectivity index (χ1n) is 8.51. The largest absolute Gasteiger partial charge is 0.486 e. The van der Waals surface area contributed by atoms with Crippen molar-refractivity contribution in [3.05, 3.63) is 58.9 Å². The van der Waals surface area contributed by atoms with E-state index < -0.39 is 34.0 Å². The highest BCUT2D eigenvalue weighted by molar-refractivity contribution is 7.89. The van der Waals surface area contributed by atoms with Crippen molar-refractivity contribution < 1.29 is 27.1 Å². The van der Waals surface area contributed by atoms with Crippen molar-refractivity contribution in [3.8, 4) is 5.75 Å². The van der Waals surface area contributed by atoms with Crippen LogP contribution in [0.4, 0.5) is 4.39 Å². The lowest BCUT2D eigenvalue weighted by Crippen LogP contribution is -2.41. The van der Waals surface area contributed by atoms with Gasteiger partial charge in [0.25, 0.3) is 0 Å². The highest BCUT2D eigenvalue weighted by Crippen LogP contribution is 2.33. The van der Waals surface area contributed by atoms with E-state index in [-0.39, 0.29) is 23.6 Å². The number of esters is 1. The average Bonchev–Trinajstić information content (AvgIpc) is 3.10. The number of hydrogen-bond donors (Lipinski definition) is 0. The van der Waals surface area contributed by atoms with Crippen LogP contribution < -0.4 is 4.74 Å². The number of carbonyl (C=O) groups excluding carboxylic acids is 1. The van der Waals surface area contributed by atoms with E-state index in [9.17, 15) is 17.6 Å². The fourth-order valence-electron chi connectivity index (χ4n) is 3.18. The summed E-state index contributed by atoms with van der Waals surface area (Å²) in [5, 5.41) is 0.300. The topological polar surface area (TPSA) is 72.9 Å². The molecule has 1 aliphatic heterocycles. The summed E-state index contributed by atoms with van der Waals surface area (Å²) in [6, 6.07) is 9.27. The van der Waals surface area contributed by atoms with Gasteiger partial charge in [-0.05, 0) is 36.8 Å². The molecule has 0 aliphatic carbocycles. The number of para-hydroxylation sites is 1. The number of ether oxygens (including phenoxy) is 2. The Balaban J connectivity index is 1.94. The highest BCUT2D eigenvalue weighted by atomic mass is 35.5. The van der Waals surface area contributed by atoms with Crippen LogP contribution in [0.15, 0.2) is 47.4 Å². The quantitative estimate of drug-likeness (QED) is 0.685. The van der Waals surface area contributed by atoms with E-state index in [1.165, 1.54) is 37.4 Å². The second kappa shape index (κ2) is 8.06. The lowest BCUT2D eigenvalue weighted by atomic mass is 10.2. The van der Waals surface area contributed by atoms with Gasteiger partial charge in [0.15, 0.2) is 11.6 Å². The SMILES string of the molecule is COC(=O)[C@@H]1C[C@H](Oc2ccccc2F)CN1S(=O)(=O)c1cccc(Cl)c1C. The number of halogens is 2. The molecule has 0 aromatic heterocycles. The molecule has 2 aromatic rings. The number of benzene rings is 2. The molecule has 0 spiro atoms. The van der Waals surface area contributed by atoms with Crippen LogP contribution in [-0.4, -0.2) is 44.5 Å². The Morgan fingerprint density at radius 2 is 1.93 bits per heavy atom. The minimum Gasteiger partial charge on any atom is -0.486 e. The molecule has 6 nitrogen and oxygen atoms in total. The second-order valence-corrected chi connectivity index (χ2v) is 8.65. The van der Waals surface area contributed by atoms with Crippen molar-refractivity contribution in [2.24, 2.45) is 0 Å². The van der Waals surface area contributed by atoms with Gasteiger partial charge in [-0.25, -0.2) is 12.8 Å². The number of sulfonamides is 1. The van der Waals surface area contributed by atoms with Gasteiger partial charge in [0, 0.05) is 11.4 Å². The maximum Gasteiger partial charge on any atom is 0.324 e. The number of carbonyl (C=O) groups is 1. The lowest BCUT2D eigenvalue weighted by Gasteiger charge is -2.23. The maximum absolute atomic E-state index is 13.9. The van der Waals surface area contributed by atoms with Crippen LogP contribution in [0.25, 0.3) is 0 Å². The van der Waals surface area contributed by atoms with Crippen molar-refractivity contribution >= 4 is 27.6 Å². The Labute approximate surface area is 167 Å². The molecule has 1 saturated heterocycles. The van der Waals surface area contributed by atoms with Crippen LogP contribution in [0.3, 0.4) is 0 Å². The molecule has 1 heterocycles. The van der Waals surface area contributed by atoms with Crippen LogP contribution in [0.1, 0.15) is 12.0 Å². The fourth-order valence-corrected chi connectivity index (χ4v) is 5.28. The summed E-state index contributed by atoms with van der Waals surface area (Å²) < 4.78 is 51.8. The van der Waals surface area contributed by atoms with Gasteiger partial charge < -0.3 is 9.47 Å². The Morgan fingerprint density at radius 3 is 2.61 bits per heavy atom. The van der Waals surface area contributed by atoms with E-state index in [1.54, 1.807) is 19.1 Å². The van der Waals surface area contributed by atoms with Crippen LogP contribution in [0.2, 0.25) is 5.02 Å². The monoisotopic (exact) mass is 427 g/mol. The molecule has 28 heavy (non-hydrogen) atoms. The molecule has 2 aromatic carbocycles. The Kier molecular flexibility index (Phi) is 5.92. The zero-order valence-corrected chi connectivity index (χ0v) is 16.8. The zero-order valence-electron chi connectivity index (χ0n) is 15.3. The van der Waals surface area contributed by atoms with Gasteiger partial charge in [-0.3, -0.25) is 4.79 Å². The van der Waals surface area contributed by atoms with Crippen molar-refractivity contribution in [2.45, 2.75) is 30.4 Å². The van der Waals surface area contributed by atoms with Gasteiger partial charge in [0.05, 0.1) is 18.6 Å². The second-order valence-electron chi connectivity index (χ2n) is 6.38. The molecule has 150 valence electrons. The third-order valence-corrected chi connectivity index (χ3v) is 7.05. The third kappa shape index (κ3) is 3.85. The molecular formula is C19H19ClFNO5S. The van der Waals surface area contributed by atoms with Crippen molar-refractivity contribution in [1.29, 1.82) is 0 Å². The van der Waals surface area contributed by atoms with Gasteiger partial charge in [0.1, 0.15) is 12.1 Å². The molecule has 9 heteroatoms. The van der Waals surface area contributed by atoms with Crippen LogP contribution in [0.5, 0.6) is 5.75 Å². The van der Waals surface area contributed by atoms with Gasteiger partial charge in [0.2, 0.25) is 10.0 Å². The summed E-state index contributed by atoms with van der Waals surface area (Å²) >= 11 is 6.07. The minimum atomic E-state index is -4.06. The summed E-state index contributed by atoms with van der Waals surface area (Å²) in [4.78, 5) is 12.2. The number of rotatable bonds is 5. The smallest absolute Gasteiger partial charge is 0.324 e. The predicted octanol–water partition coefficient (Wildman–Crippen LogP) is 3.17. The first-order chi connectivity index (χ1) is 13.3. The van der Waals surface area contributed by atoms with Crippen molar-refractivity contribution in [3.63, 3.8) is 0 Å². The van der Waals surface area contributed by atoms with Gasteiger partial charge >= 0.3 is 5.97 Å². The van der Waals surface area contributed by atoms with Gasteiger partial charge in [-0.1, -0.05) is 29.8 Å². The average molecular weight is 428 g/mol. The van der Waals surface area contributed by atoms with E-state index in [1.807, 2.05) is 0 Å². The fraction of sp³-hybridized carbons (Fsp3) is 0.316. The predicted molar refractivity (Wildman–Crippen MR) is 101 cm³/mol. The van der Waals surface area contributed by atoms with E-state index in [4.69, 9.17) is 21.1 Å². The number of methoxy groups -OCH3 is 1. The van der Waals surface area contributed by atoms with Crippen LogP contribution in [0, 0.1) is 12.7 Å². The third-order valence-electron chi connectivity index (χ3n) is 4.63. The van der Waals surface area contributed by atoms with E-state index in [0.717, 1.165) is 4.31 Å². The molecule has 1 fully saturated rings. The normalized spacial score (nSPS) is 20.1. The van der Waals surface area contributed by atoms with Crippen molar-refractivity contribution in [2.75, 3.05) is 13.7 Å². The Bertz CT molecular complexity index is 998. The summed E-state index contributed by atoms with van der Waals surface area (Å²) in [7, 11) is -2.87. The van der Waals surface area contributed by atoms with E-state index >= 15 is 0 Å². The Morgan fingerprint density at radius 1 is 1.21 bits per heavy atom. The first kappa shape index (κ1) is 20.6. The molecule has 0 saturated carbocycles. The molecule has 0 radical (unpaired) electrons. The molecule has 1 aliphatic rings. The summed E-state index contributed by atoms with van der Waals surface area (Å²) in [6.45, 7) is 1.47. The minimum absolute atomic E-state index is 0.000412. The molecule has 3 rings (SSSR count). The Hall–Kier alpha value is -2.16. The van der Waals surface area contributed by atoms with Crippen LogP contribution in [-0.2, 0) is 19.6 Å². The molecule has 0 N–H and O–H groups in total. The molecule has 0 bridgehead atoms. The maximum atomic E-state index is 13.9. The lowest BCUT2D eigenvalue weighted by molar-refractivity contribution is -0.144. The van der Waals surface area contributed by atoms with Crippen LogP contribution >= 0.6 is 11.6 Å². The summed E-state index contributed by atoms with van der Waals surface area (Å²) in [6.07, 6.45) is -0.671. The van der Waals surface area contributed by atoms with Crippen molar-refractivity contribution in [1.82, 2.24) is 4.31 Å². The number of nitrogens with zero attached hydrogens (tertiary/aromatic N) is 1.